The lowest BCUT2D eigenvalue weighted by atomic mass is 9.94. The molecule has 0 spiro atoms. The van der Waals surface area contributed by atoms with Crippen molar-refractivity contribution in [3.8, 4) is 0 Å². The molecule has 0 radical (unpaired) electrons. The molecule has 2 rings (SSSR count). The van der Waals surface area contributed by atoms with E-state index in [0.717, 1.165) is 17.5 Å². The zero-order chi connectivity index (χ0) is 12.6. The first kappa shape index (κ1) is 11.8. The third-order valence-electron chi connectivity index (χ3n) is 3.25. The van der Waals surface area contributed by atoms with Crippen molar-refractivity contribution in [3.63, 3.8) is 0 Å². The molecule has 0 fully saturated rings. The molecule has 1 aliphatic heterocycles. The predicted octanol–water partition coefficient (Wildman–Crippen LogP) is 1.25. The number of fused-ring (bicyclic) bond motifs is 1. The van der Waals surface area contributed by atoms with Crippen LogP contribution in [-0.2, 0) is 11.2 Å². The highest BCUT2D eigenvalue weighted by Crippen LogP contribution is 2.23. The van der Waals surface area contributed by atoms with Crippen LogP contribution in [0.1, 0.15) is 40.9 Å². The molecule has 2 amide bonds. The summed E-state index contributed by atoms with van der Waals surface area (Å²) in [5.74, 6) is -0.392. The maximum Gasteiger partial charge on any atom is 0.260 e. The largest absolute Gasteiger partial charge is 0.324 e. The summed E-state index contributed by atoms with van der Waals surface area (Å²) >= 11 is 0. The van der Waals surface area contributed by atoms with Crippen LogP contribution in [0.3, 0.4) is 0 Å². The fourth-order valence-electron chi connectivity index (χ4n) is 1.99. The summed E-state index contributed by atoms with van der Waals surface area (Å²) in [7, 11) is 1.51. The van der Waals surface area contributed by atoms with Crippen molar-refractivity contribution in [3.05, 3.63) is 34.9 Å². The lowest BCUT2D eigenvalue weighted by molar-refractivity contribution is -0.127. The minimum atomic E-state index is -0.235. The molecular weight excluding hydrogens is 216 g/mol. The molecule has 1 aromatic carbocycles. The van der Waals surface area contributed by atoms with Gasteiger partial charge in [-0.3, -0.25) is 14.5 Å². The Kier molecular flexibility index (Phi) is 2.98. The van der Waals surface area contributed by atoms with Crippen LogP contribution in [-0.4, -0.2) is 23.8 Å². The van der Waals surface area contributed by atoms with Crippen molar-refractivity contribution >= 4 is 11.8 Å². The van der Waals surface area contributed by atoms with Crippen molar-refractivity contribution in [1.29, 1.82) is 0 Å². The Morgan fingerprint density at radius 2 is 2.12 bits per heavy atom. The molecule has 90 valence electrons. The number of nitrogens with zero attached hydrogens (tertiary/aromatic N) is 1. The Morgan fingerprint density at radius 1 is 1.41 bits per heavy atom. The molecule has 0 saturated carbocycles. The van der Waals surface area contributed by atoms with E-state index in [0.29, 0.717) is 12.0 Å². The summed E-state index contributed by atoms with van der Waals surface area (Å²) in [6, 6.07) is 5.49. The zero-order valence-corrected chi connectivity index (χ0v) is 10.1. The number of hydrogen-bond acceptors (Lipinski definition) is 3. The van der Waals surface area contributed by atoms with Gasteiger partial charge in [0.05, 0.1) is 6.42 Å². The van der Waals surface area contributed by atoms with E-state index < -0.39 is 0 Å². The van der Waals surface area contributed by atoms with Crippen molar-refractivity contribution in [2.45, 2.75) is 25.8 Å². The average molecular weight is 232 g/mol. The molecule has 0 aromatic heterocycles. The lowest BCUT2D eigenvalue weighted by Crippen LogP contribution is -2.39. The maximum absolute atomic E-state index is 12.0. The van der Waals surface area contributed by atoms with E-state index in [4.69, 9.17) is 5.73 Å². The normalized spacial score (nSPS) is 17.0. The Bertz CT molecular complexity index is 482. The number of hydrogen-bond donors (Lipinski definition) is 1. The summed E-state index contributed by atoms with van der Waals surface area (Å²) in [4.78, 5) is 24.6. The predicted molar refractivity (Wildman–Crippen MR) is 64.5 cm³/mol. The van der Waals surface area contributed by atoms with Gasteiger partial charge in [0.25, 0.3) is 5.91 Å². The molecule has 4 heteroatoms. The van der Waals surface area contributed by atoms with Crippen molar-refractivity contribution in [2.75, 3.05) is 7.05 Å². The van der Waals surface area contributed by atoms with Crippen LogP contribution < -0.4 is 5.73 Å². The summed E-state index contributed by atoms with van der Waals surface area (Å²) in [6.07, 6.45) is 1.11. The summed E-state index contributed by atoms with van der Waals surface area (Å²) < 4.78 is 0. The quantitative estimate of drug-likeness (QED) is 0.780. The minimum Gasteiger partial charge on any atom is -0.324 e. The van der Waals surface area contributed by atoms with Crippen LogP contribution in [0.4, 0.5) is 0 Å². The second-order valence-corrected chi connectivity index (χ2v) is 4.37. The Hall–Kier alpha value is -1.68. The second kappa shape index (κ2) is 4.30. The zero-order valence-electron chi connectivity index (χ0n) is 10.1. The first-order valence-electron chi connectivity index (χ1n) is 5.74. The second-order valence-electron chi connectivity index (χ2n) is 4.37. The fourth-order valence-corrected chi connectivity index (χ4v) is 1.99. The molecule has 0 bridgehead atoms. The molecular formula is C13H16N2O2. The number of amides is 2. The lowest BCUT2D eigenvalue weighted by Gasteiger charge is -2.24. The molecule has 1 aliphatic rings. The molecule has 0 unspecified atom stereocenters. The van der Waals surface area contributed by atoms with Gasteiger partial charge in [0.1, 0.15) is 0 Å². The highest BCUT2D eigenvalue weighted by molar-refractivity contribution is 6.09. The maximum atomic E-state index is 12.0. The highest BCUT2D eigenvalue weighted by Gasteiger charge is 2.28. The van der Waals surface area contributed by atoms with Crippen LogP contribution >= 0.6 is 0 Å². The van der Waals surface area contributed by atoms with Crippen LogP contribution in [0.5, 0.6) is 0 Å². The molecule has 2 N–H and O–H groups in total. The van der Waals surface area contributed by atoms with Crippen LogP contribution in [0, 0.1) is 0 Å². The van der Waals surface area contributed by atoms with Gasteiger partial charge >= 0.3 is 0 Å². The van der Waals surface area contributed by atoms with E-state index in [1.165, 1.54) is 11.9 Å². The smallest absolute Gasteiger partial charge is 0.260 e. The molecule has 1 aromatic rings. The van der Waals surface area contributed by atoms with Gasteiger partial charge in [0, 0.05) is 18.7 Å². The number of imide groups is 1. The molecule has 0 saturated heterocycles. The van der Waals surface area contributed by atoms with Gasteiger partial charge in [-0.2, -0.15) is 0 Å². The van der Waals surface area contributed by atoms with E-state index in [1.807, 2.05) is 25.1 Å². The SMILES string of the molecule is CC[C@H](N)c1ccc2c(c1)C(=O)N(C)C(=O)C2. The number of benzene rings is 1. The number of likely N-dealkylation sites (N-methyl/N-ethyl adjacent to an activating group) is 1. The first-order valence-corrected chi connectivity index (χ1v) is 5.74. The molecule has 0 aliphatic carbocycles. The Morgan fingerprint density at radius 3 is 2.76 bits per heavy atom. The average Bonchev–Trinajstić information content (AvgIpc) is 2.35. The summed E-state index contributed by atoms with van der Waals surface area (Å²) in [6.45, 7) is 2.00. The van der Waals surface area contributed by atoms with Gasteiger partial charge in [0.2, 0.25) is 5.91 Å². The van der Waals surface area contributed by atoms with Gasteiger partial charge in [-0.15, -0.1) is 0 Å². The highest BCUT2D eigenvalue weighted by atomic mass is 16.2. The molecule has 1 heterocycles. The van der Waals surface area contributed by atoms with E-state index in [1.54, 1.807) is 0 Å². The van der Waals surface area contributed by atoms with Gasteiger partial charge in [-0.1, -0.05) is 19.1 Å². The first-order chi connectivity index (χ1) is 8.04. The standard InChI is InChI=1S/C13H16N2O2/c1-3-11(14)9-5-4-8-7-12(16)15(2)13(17)10(8)6-9/h4-6,11H,3,7,14H2,1-2H3/t11-/m0/s1. The van der Waals surface area contributed by atoms with Crippen molar-refractivity contribution in [1.82, 2.24) is 4.90 Å². The van der Waals surface area contributed by atoms with Crippen molar-refractivity contribution < 1.29 is 9.59 Å². The molecule has 4 nitrogen and oxygen atoms in total. The van der Waals surface area contributed by atoms with E-state index in [9.17, 15) is 9.59 Å². The van der Waals surface area contributed by atoms with E-state index in [2.05, 4.69) is 0 Å². The van der Waals surface area contributed by atoms with Gasteiger partial charge in [-0.25, -0.2) is 0 Å². The number of carbonyl (C=O) groups excluding carboxylic acids is 2. The third-order valence-corrected chi connectivity index (χ3v) is 3.25. The van der Waals surface area contributed by atoms with Gasteiger partial charge in [0.15, 0.2) is 0 Å². The van der Waals surface area contributed by atoms with Gasteiger partial charge in [-0.05, 0) is 23.6 Å². The summed E-state index contributed by atoms with van der Waals surface area (Å²) in [5.41, 5.74) is 8.29. The fraction of sp³-hybridized carbons (Fsp3) is 0.385. The monoisotopic (exact) mass is 232 g/mol. The van der Waals surface area contributed by atoms with Crippen LogP contribution in [0.25, 0.3) is 0 Å². The number of nitrogens with two attached hydrogens (primary N) is 1. The minimum absolute atomic E-state index is 0.0592. The van der Waals surface area contributed by atoms with Gasteiger partial charge < -0.3 is 5.73 Å². The topological polar surface area (TPSA) is 63.4 Å². The van der Waals surface area contributed by atoms with Crippen LogP contribution in [0.15, 0.2) is 18.2 Å². The van der Waals surface area contributed by atoms with E-state index in [-0.39, 0.29) is 17.9 Å². The van der Waals surface area contributed by atoms with E-state index >= 15 is 0 Å². The Labute approximate surface area is 100 Å². The van der Waals surface area contributed by atoms with Crippen molar-refractivity contribution in [2.24, 2.45) is 5.73 Å². The Balaban J connectivity index is 2.45. The molecule has 17 heavy (non-hydrogen) atoms. The number of carbonyl (C=O) groups is 2. The summed E-state index contributed by atoms with van der Waals surface area (Å²) in [5, 5.41) is 0. The molecule has 1 atom stereocenters. The third kappa shape index (κ3) is 1.96. The van der Waals surface area contributed by atoms with Crippen LogP contribution in [0.2, 0.25) is 0 Å². The number of rotatable bonds is 2.